The van der Waals surface area contributed by atoms with Crippen LogP contribution in [-0.2, 0) is 10.0 Å². The van der Waals surface area contributed by atoms with E-state index >= 15 is 0 Å². The van der Waals surface area contributed by atoms with Gasteiger partial charge in [-0.2, -0.15) is 4.31 Å². The topological polar surface area (TPSA) is 73.4 Å². The molecule has 0 aromatic carbocycles. The second-order valence-corrected chi connectivity index (χ2v) is 5.10. The number of rotatable bonds is 4. The third-order valence-electron chi connectivity index (χ3n) is 2.13. The summed E-state index contributed by atoms with van der Waals surface area (Å²) in [4.78, 5) is 2.89. The number of aliphatic hydroxyl groups excluding tert-OH is 1. The molecule has 0 radical (unpaired) electrons. The van der Waals surface area contributed by atoms with Crippen molar-refractivity contribution in [3.8, 4) is 0 Å². The third kappa shape index (κ3) is 1.97. The molecule has 1 aromatic rings. The minimum atomic E-state index is -3.46. The van der Waals surface area contributed by atoms with E-state index in [1.807, 2.05) is 0 Å². The average Bonchev–Trinajstić information content (AvgIpc) is 2.68. The molecule has 1 heterocycles. The molecule has 1 aromatic heterocycles. The fraction of sp³-hybridized carbons (Fsp3) is 0.500. The van der Waals surface area contributed by atoms with E-state index in [1.54, 1.807) is 13.1 Å². The number of nitrogens with one attached hydrogen (secondary N) is 1. The molecule has 6 heteroatoms. The van der Waals surface area contributed by atoms with Crippen molar-refractivity contribution in [3.63, 3.8) is 0 Å². The van der Waals surface area contributed by atoms with Gasteiger partial charge in [-0.25, -0.2) is 8.42 Å². The van der Waals surface area contributed by atoms with E-state index in [-0.39, 0.29) is 11.5 Å². The highest BCUT2D eigenvalue weighted by Gasteiger charge is 2.24. The molecule has 0 fully saturated rings. The second-order valence-electron chi connectivity index (χ2n) is 3.10. The largest absolute Gasteiger partial charge is 0.395 e. The first-order valence-electron chi connectivity index (χ1n) is 4.22. The Morgan fingerprint density at radius 2 is 2.29 bits per heavy atom. The van der Waals surface area contributed by atoms with Crippen LogP contribution in [0.3, 0.4) is 0 Å². The first-order chi connectivity index (χ1) is 6.50. The van der Waals surface area contributed by atoms with Crippen molar-refractivity contribution < 1.29 is 13.5 Å². The second kappa shape index (κ2) is 4.12. The van der Waals surface area contributed by atoms with Gasteiger partial charge in [0, 0.05) is 25.5 Å². The molecule has 2 N–H and O–H groups in total. The van der Waals surface area contributed by atoms with Gasteiger partial charge >= 0.3 is 0 Å². The number of aromatic amines is 1. The molecule has 0 aliphatic rings. The SMILES string of the molecule is CC(CO)N(C)S(=O)(=O)c1cc[nH]c1. The molecule has 0 amide bonds. The molecule has 0 saturated heterocycles. The number of nitrogens with zero attached hydrogens (tertiary/aromatic N) is 1. The summed E-state index contributed by atoms with van der Waals surface area (Å²) in [6.45, 7) is 1.45. The van der Waals surface area contributed by atoms with Crippen LogP contribution in [0.15, 0.2) is 23.4 Å². The molecule has 5 nitrogen and oxygen atoms in total. The molecular weight excluding hydrogens is 204 g/mol. The van der Waals surface area contributed by atoms with Gasteiger partial charge in [-0.15, -0.1) is 0 Å². The van der Waals surface area contributed by atoms with Gasteiger partial charge in [-0.3, -0.25) is 0 Å². The summed E-state index contributed by atoms with van der Waals surface area (Å²) in [6, 6.07) is 1.06. The van der Waals surface area contributed by atoms with Crippen LogP contribution >= 0.6 is 0 Å². The molecule has 1 rings (SSSR count). The lowest BCUT2D eigenvalue weighted by Crippen LogP contribution is -2.37. The molecule has 0 bridgehead atoms. The first-order valence-corrected chi connectivity index (χ1v) is 5.66. The van der Waals surface area contributed by atoms with Crippen LogP contribution in [0.1, 0.15) is 6.92 Å². The Labute approximate surface area is 83.4 Å². The maximum absolute atomic E-state index is 11.8. The lowest BCUT2D eigenvalue weighted by Gasteiger charge is -2.21. The van der Waals surface area contributed by atoms with E-state index in [0.29, 0.717) is 0 Å². The van der Waals surface area contributed by atoms with Gasteiger partial charge in [-0.1, -0.05) is 0 Å². The Morgan fingerprint density at radius 1 is 1.64 bits per heavy atom. The van der Waals surface area contributed by atoms with E-state index < -0.39 is 16.1 Å². The molecule has 0 saturated carbocycles. The molecule has 80 valence electrons. The fourth-order valence-corrected chi connectivity index (χ4v) is 2.32. The highest BCUT2D eigenvalue weighted by molar-refractivity contribution is 7.89. The normalized spacial score (nSPS) is 14.6. The quantitative estimate of drug-likeness (QED) is 0.748. The van der Waals surface area contributed by atoms with Crippen LogP contribution in [0.2, 0.25) is 0 Å². The minimum Gasteiger partial charge on any atom is -0.395 e. The number of H-pyrrole nitrogens is 1. The van der Waals surface area contributed by atoms with E-state index in [9.17, 15) is 8.42 Å². The summed E-state index contributed by atoms with van der Waals surface area (Å²) in [6.07, 6.45) is 2.96. The molecule has 1 atom stereocenters. The summed E-state index contributed by atoms with van der Waals surface area (Å²) in [7, 11) is -2.02. The maximum atomic E-state index is 11.8. The minimum absolute atomic E-state index is 0.194. The van der Waals surface area contributed by atoms with Crippen molar-refractivity contribution in [3.05, 3.63) is 18.5 Å². The molecule has 0 aliphatic heterocycles. The molecular formula is C8H14N2O3S. The van der Waals surface area contributed by atoms with Gasteiger partial charge in [0.1, 0.15) is 0 Å². The van der Waals surface area contributed by atoms with Crippen LogP contribution in [0.25, 0.3) is 0 Å². The van der Waals surface area contributed by atoms with Gasteiger partial charge in [0.05, 0.1) is 11.5 Å². The zero-order chi connectivity index (χ0) is 10.8. The van der Waals surface area contributed by atoms with E-state index in [1.165, 1.54) is 19.3 Å². The van der Waals surface area contributed by atoms with Crippen LogP contribution in [0.4, 0.5) is 0 Å². The van der Waals surface area contributed by atoms with Gasteiger partial charge in [0.25, 0.3) is 0 Å². The van der Waals surface area contributed by atoms with E-state index in [4.69, 9.17) is 5.11 Å². The summed E-state index contributed by atoms with van der Waals surface area (Å²) in [5.74, 6) is 0. The predicted molar refractivity (Wildman–Crippen MR) is 52.3 cm³/mol. The summed E-state index contributed by atoms with van der Waals surface area (Å²) < 4.78 is 24.7. The highest BCUT2D eigenvalue weighted by Crippen LogP contribution is 2.14. The zero-order valence-corrected chi connectivity index (χ0v) is 8.95. The lowest BCUT2D eigenvalue weighted by atomic mass is 10.4. The van der Waals surface area contributed by atoms with Crippen LogP contribution in [0.5, 0.6) is 0 Å². The van der Waals surface area contributed by atoms with Crippen LogP contribution in [-0.4, -0.2) is 42.5 Å². The van der Waals surface area contributed by atoms with E-state index in [0.717, 1.165) is 4.31 Å². The van der Waals surface area contributed by atoms with Crippen molar-refractivity contribution in [2.24, 2.45) is 0 Å². The number of aromatic nitrogens is 1. The maximum Gasteiger partial charge on any atom is 0.244 e. The highest BCUT2D eigenvalue weighted by atomic mass is 32.2. The number of aliphatic hydroxyl groups is 1. The van der Waals surface area contributed by atoms with Crippen molar-refractivity contribution in [1.29, 1.82) is 0 Å². The molecule has 0 spiro atoms. The van der Waals surface area contributed by atoms with Gasteiger partial charge in [0.2, 0.25) is 10.0 Å². The Balaban J connectivity index is 2.97. The number of hydrogen-bond acceptors (Lipinski definition) is 3. The molecule has 0 aliphatic carbocycles. The average molecular weight is 218 g/mol. The first kappa shape index (κ1) is 11.2. The predicted octanol–water partition coefficient (Wildman–Crippen LogP) is 0.0160. The number of hydrogen-bond donors (Lipinski definition) is 2. The Bertz CT molecular complexity index is 371. The van der Waals surface area contributed by atoms with E-state index in [2.05, 4.69) is 4.98 Å². The smallest absolute Gasteiger partial charge is 0.244 e. The van der Waals surface area contributed by atoms with Crippen molar-refractivity contribution in [1.82, 2.24) is 9.29 Å². The monoisotopic (exact) mass is 218 g/mol. The zero-order valence-electron chi connectivity index (χ0n) is 8.14. The summed E-state index contributed by atoms with van der Waals surface area (Å²) in [5, 5.41) is 8.85. The summed E-state index contributed by atoms with van der Waals surface area (Å²) in [5.41, 5.74) is 0. The Morgan fingerprint density at radius 3 is 2.71 bits per heavy atom. The third-order valence-corrected chi connectivity index (χ3v) is 4.10. The van der Waals surface area contributed by atoms with Crippen molar-refractivity contribution >= 4 is 10.0 Å². The number of likely N-dealkylation sites (N-methyl/N-ethyl adjacent to an activating group) is 1. The van der Waals surface area contributed by atoms with Gasteiger partial charge in [0.15, 0.2) is 0 Å². The summed E-state index contributed by atoms with van der Waals surface area (Å²) >= 11 is 0. The lowest BCUT2D eigenvalue weighted by molar-refractivity contribution is 0.214. The van der Waals surface area contributed by atoms with Crippen molar-refractivity contribution in [2.75, 3.05) is 13.7 Å². The van der Waals surface area contributed by atoms with Gasteiger partial charge in [-0.05, 0) is 13.0 Å². The van der Waals surface area contributed by atoms with Crippen molar-refractivity contribution in [2.45, 2.75) is 17.9 Å². The Hall–Kier alpha value is -0.850. The van der Waals surface area contributed by atoms with Gasteiger partial charge < -0.3 is 10.1 Å². The molecule has 1 unspecified atom stereocenters. The van der Waals surface area contributed by atoms with Crippen LogP contribution in [0, 0.1) is 0 Å². The Kier molecular flexibility index (Phi) is 3.30. The molecule has 14 heavy (non-hydrogen) atoms. The number of sulfonamides is 1. The van der Waals surface area contributed by atoms with Crippen LogP contribution < -0.4 is 0 Å². The standard InChI is InChI=1S/C8H14N2O3S/c1-7(6-11)10(2)14(12,13)8-3-4-9-5-8/h3-5,7,9,11H,6H2,1-2H3. The fourth-order valence-electron chi connectivity index (χ4n) is 0.987.